The second-order valence-electron chi connectivity index (χ2n) is 2.37. The Kier molecular flexibility index (Phi) is 5.54. The second-order valence-corrected chi connectivity index (χ2v) is 2.37. The summed E-state index contributed by atoms with van der Waals surface area (Å²) in [5, 5.41) is 8.32. The monoisotopic (exact) mass is 187 g/mol. The molecule has 3 N–H and O–H groups in total. The van der Waals surface area contributed by atoms with E-state index in [-0.39, 0.29) is 13.0 Å². The Balaban J connectivity index is 3.82. The largest absolute Gasteiger partial charge is 0.481 e. The predicted octanol–water partition coefficient (Wildman–Crippen LogP) is -0.0923. The quantitative estimate of drug-likeness (QED) is 0.463. The molecule has 0 bridgehead atoms. The van der Waals surface area contributed by atoms with Crippen molar-refractivity contribution >= 4 is 11.9 Å². The summed E-state index contributed by atoms with van der Waals surface area (Å²) in [4.78, 5) is 20.9. The Morgan fingerprint density at radius 1 is 1.62 bits per heavy atom. The summed E-state index contributed by atoms with van der Waals surface area (Å²) >= 11 is 0. The average molecular weight is 187 g/mol. The van der Waals surface area contributed by atoms with Gasteiger partial charge in [0.2, 0.25) is 0 Å². The van der Waals surface area contributed by atoms with Crippen LogP contribution >= 0.6 is 0 Å². The molecule has 0 amide bonds. The van der Waals surface area contributed by atoms with Crippen LogP contribution in [0.2, 0.25) is 0 Å². The third-order valence-corrected chi connectivity index (χ3v) is 1.18. The van der Waals surface area contributed by atoms with E-state index in [4.69, 9.17) is 10.8 Å². The number of hydrogen-bond donors (Lipinski definition) is 2. The molecule has 74 valence electrons. The lowest BCUT2D eigenvalue weighted by atomic mass is 10.2. The molecule has 0 aliphatic carbocycles. The molecule has 0 radical (unpaired) electrons. The Labute approximate surface area is 76.2 Å². The Bertz CT molecular complexity index is 212. The van der Waals surface area contributed by atoms with Gasteiger partial charge in [0, 0.05) is 12.1 Å². The number of carbonyl (C=O) groups excluding carboxylic acids is 1. The number of carboxylic acids is 1. The van der Waals surface area contributed by atoms with Crippen LogP contribution < -0.4 is 5.73 Å². The summed E-state index contributed by atoms with van der Waals surface area (Å²) in [7, 11) is 0. The summed E-state index contributed by atoms with van der Waals surface area (Å²) in [5.74, 6) is -1.51. The highest BCUT2D eigenvalue weighted by molar-refractivity contribution is 5.82. The highest BCUT2D eigenvalue weighted by Gasteiger charge is 2.04. The molecule has 5 nitrogen and oxygen atoms in total. The molecule has 0 heterocycles. The molecule has 0 aromatic heterocycles. The molecular formula is C8H13NO4. The van der Waals surface area contributed by atoms with Crippen LogP contribution in [0.4, 0.5) is 0 Å². The van der Waals surface area contributed by atoms with E-state index in [0.29, 0.717) is 0 Å². The normalized spacial score (nSPS) is 12.8. The van der Waals surface area contributed by atoms with Gasteiger partial charge in [0.05, 0.1) is 13.0 Å². The highest BCUT2D eigenvalue weighted by Crippen LogP contribution is 1.91. The van der Waals surface area contributed by atoms with E-state index in [2.05, 4.69) is 4.74 Å². The zero-order valence-corrected chi connectivity index (χ0v) is 7.40. The molecule has 0 fully saturated rings. The zero-order chi connectivity index (χ0) is 10.3. The number of carboxylic acid groups (broad SMARTS) is 1. The maximum Gasteiger partial charge on any atom is 0.330 e. The Hall–Kier alpha value is -1.36. The van der Waals surface area contributed by atoms with Crippen molar-refractivity contribution in [1.29, 1.82) is 0 Å². The van der Waals surface area contributed by atoms with Crippen molar-refractivity contribution in [3.05, 3.63) is 12.2 Å². The first-order valence-corrected chi connectivity index (χ1v) is 3.88. The van der Waals surface area contributed by atoms with Crippen LogP contribution in [-0.4, -0.2) is 29.7 Å². The van der Waals surface area contributed by atoms with Crippen molar-refractivity contribution in [2.45, 2.75) is 19.4 Å². The molecule has 0 unspecified atom stereocenters. The minimum Gasteiger partial charge on any atom is -0.481 e. The summed E-state index contributed by atoms with van der Waals surface area (Å²) in [6.07, 6.45) is 2.25. The average Bonchev–Trinajstić information content (AvgIpc) is 2.00. The Morgan fingerprint density at radius 2 is 2.23 bits per heavy atom. The van der Waals surface area contributed by atoms with E-state index >= 15 is 0 Å². The van der Waals surface area contributed by atoms with Crippen molar-refractivity contribution in [3.63, 3.8) is 0 Å². The predicted molar refractivity (Wildman–Crippen MR) is 46.0 cm³/mol. The van der Waals surface area contributed by atoms with Crippen LogP contribution in [0.3, 0.4) is 0 Å². The second kappa shape index (κ2) is 6.19. The van der Waals surface area contributed by atoms with Crippen molar-refractivity contribution in [2.24, 2.45) is 5.73 Å². The first-order valence-electron chi connectivity index (χ1n) is 3.88. The van der Waals surface area contributed by atoms with Gasteiger partial charge in [-0.1, -0.05) is 6.08 Å². The van der Waals surface area contributed by atoms with E-state index < -0.39 is 18.0 Å². The third kappa shape index (κ3) is 7.02. The summed E-state index contributed by atoms with van der Waals surface area (Å²) < 4.78 is 4.57. The molecule has 5 heteroatoms. The topological polar surface area (TPSA) is 89.6 Å². The molecule has 0 aromatic carbocycles. The van der Waals surface area contributed by atoms with Gasteiger partial charge in [0.15, 0.2) is 0 Å². The van der Waals surface area contributed by atoms with Crippen molar-refractivity contribution in [3.8, 4) is 0 Å². The maximum atomic E-state index is 10.7. The van der Waals surface area contributed by atoms with Crippen LogP contribution in [0.15, 0.2) is 12.2 Å². The van der Waals surface area contributed by atoms with E-state index in [0.717, 1.165) is 6.08 Å². The first kappa shape index (κ1) is 11.6. The lowest BCUT2D eigenvalue weighted by Gasteiger charge is -2.00. The van der Waals surface area contributed by atoms with Crippen LogP contribution in [0.5, 0.6) is 0 Å². The van der Waals surface area contributed by atoms with Crippen molar-refractivity contribution < 1.29 is 19.4 Å². The summed E-state index contributed by atoms with van der Waals surface area (Å²) in [5.41, 5.74) is 5.34. The number of ether oxygens (including phenoxy) is 1. The third-order valence-electron chi connectivity index (χ3n) is 1.18. The molecular weight excluding hydrogens is 174 g/mol. The number of carbonyl (C=O) groups is 2. The molecule has 0 aliphatic rings. The maximum absolute atomic E-state index is 10.7. The molecule has 0 spiro atoms. The van der Waals surface area contributed by atoms with Gasteiger partial charge < -0.3 is 15.6 Å². The molecule has 1 atom stereocenters. The van der Waals surface area contributed by atoms with Crippen LogP contribution in [0.1, 0.15) is 13.3 Å². The smallest absolute Gasteiger partial charge is 0.330 e. The van der Waals surface area contributed by atoms with Gasteiger partial charge in [-0.05, 0) is 6.92 Å². The molecule has 0 aliphatic heterocycles. The zero-order valence-electron chi connectivity index (χ0n) is 7.40. The fourth-order valence-electron chi connectivity index (χ4n) is 0.662. The molecule has 0 rings (SSSR count). The standard InChI is InChI=1S/C8H13NO4/c1-2-13-8(12)4-3-6(9)5-7(10)11/h3-4,6H,2,5,9H2,1H3,(H,10,11)/b4-3+/t6-/m1/s1. The van der Waals surface area contributed by atoms with Gasteiger partial charge in [-0.3, -0.25) is 4.79 Å². The van der Waals surface area contributed by atoms with Crippen LogP contribution in [0.25, 0.3) is 0 Å². The minimum atomic E-state index is -0.999. The van der Waals surface area contributed by atoms with E-state index in [1.165, 1.54) is 6.08 Å². The van der Waals surface area contributed by atoms with Crippen molar-refractivity contribution in [2.75, 3.05) is 6.61 Å². The molecule has 0 aromatic rings. The van der Waals surface area contributed by atoms with Crippen LogP contribution in [-0.2, 0) is 14.3 Å². The van der Waals surface area contributed by atoms with Gasteiger partial charge in [-0.2, -0.15) is 0 Å². The number of hydrogen-bond acceptors (Lipinski definition) is 4. The number of esters is 1. The molecule has 0 saturated heterocycles. The number of rotatable bonds is 5. The van der Waals surface area contributed by atoms with Gasteiger partial charge in [-0.15, -0.1) is 0 Å². The van der Waals surface area contributed by atoms with Gasteiger partial charge in [-0.25, -0.2) is 4.79 Å². The van der Waals surface area contributed by atoms with E-state index in [9.17, 15) is 9.59 Å². The number of aliphatic carboxylic acids is 1. The fraction of sp³-hybridized carbons (Fsp3) is 0.500. The minimum absolute atomic E-state index is 0.199. The summed E-state index contributed by atoms with van der Waals surface area (Å²) in [6.45, 7) is 1.97. The Morgan fingerprint density at radius 3 is 2.69 bits per heavy atom. The van der Waals surface area contributed by atoms with Gasteiger partial charge in [0.25, 0.3) is 0 Å². The van der Waals surface area contributed by atoms with Crippen molar-refractivity contribution in [1.82, 2.24) is 0 Å². The SMILES string of the molecule is CCOC(=O)/C=C/[C@@H](N)CC(=O)O. The molecule has 13 heavy (non-hydrogen) atoms. The lowest BCUT2D eigenvalue weighted by molar-refractivity contribution is -0.138. The summed E-state index contributed by atoms with van der Waals surface area (Å²) in [6, 6.07) is -0.651. The van der Waals surface area contributed by atoms with Crippen LogP contribution in [0, 0.1) is 0 Å². The van der Waals surface area contributed by atoms with Gasteiger partial charge >= 0.3 is 11.9 Å². The number of nitrogens with two attached hydrogens (primary N) is 1. The first-order chi connectivity index (χ1) is 6.06. The fourth-order valence-corrected chi connectivity index (χ4v) is 0.662. The van der Waals surface area contributed by atoms with Gasteiger partial charge in [0.1, 0.15) is 0 Å². The highest BCUT2D eigenvalue weighted by atomic mass is 16.5. The van der Waals surface area contributed by atoms with E-state index in [1.807, 2.05) is 0 Å². The van der Waals surface area contributed by atoms with E-state index in [1.54, 1.807) is 6.92 Å². The molecule has 0 saturated carbocycles. The lowest BCUT2D eigenvalue weighted by Crippen LogP contribution is -2.21.